The molecular weight excluding hydrogens is 268 g/mol. The Labute approximate surface area is 124 Å². The van der Waals surface area contributed by atoms with E-state index < -0.39 is 0 Å². The predicted molar refractivity (Wildman–Crippen MR) is 84.1 cm³/mol. The van der Waals surface area contributed by atoms with Gasteiger partial charge in [-0.15, -0.1) is 0 Å². The average molecular weight is 290 g/mol. The molecular formula is C16H22N2OS. The molecule has 20 heavy (non-hydrogen) atoms. The van der Waals surface area contributed by atoms with Crippen LogP contribution in [0.15, 0.2) is 33.9 Å². The maximum absolute atomic E-state index is 5.83. The summed E-state index contributed by atoms with van der Waals surface area (Å²) in [6.07, 6.45) is 3.71. The van der Waals surface area contributed by atoms with E-state index in [1.165, 1.54) is 19.3 Å². The van der Waals surface area contributed by atoms with Crippen LogP contribution in [0.2, 0.25) is 0 Å². The monoisotopic (exact) mass is 290 g/mol. The molecule has 0 amide bonds. The molecule has 1 N–H and O–H groups in total. The number of rotatable bonds is 5. The highest BCUT2D eigenvalue weighted by Crippen LogP contribution is 2.39. The molecule has 0 radical (unpaired) electrons. The van der Waals surface area contributed by atoms with Gasteiger partial charge in [0.1, 0.15) is 5.52 Å². The van der Waals surface area contributed by atoms with E-state index in [0.29, 0.717) is 17.2 Å². The van der Waals surface area contributed by atoms with E-state index in [1.807, 2.05) is 24.3 Å². The van der Waals surface area contributed by atoms with Crippen LogP contribution in [0.5, 0.6) is 0 Å². The molecule has 0 spiro atoms. The van der Waals surface area contributed by atoms with Gasteiger partial charge in [-0.3, -0.25) is 0 Å². The van der Waals surface area contributed by atoms with E-state index in [9.17, 15) is 0 Å². The van der Waals surface area contributed by atoms with E-state index in [4.69, 9.17) is 4.42 Å². The lowest BCUT2D eigenvalue weighted by molar-refractivity contribution is 0.429. The molecule has 1 heterocycles. The average Bonchev–Trinajstić information content (AvgIpc) is 3.01. The summed E-state index contributed by atoms with van der Waals surface area (Å²) in [5.74, 6) is 0.668. The van der Waals surface area contributed by atoms with Crippen molar-refractivity contribution in [3.63, 3.8) is 0 Å². The minimum Gasteiger partial charge on any atom is -0.431 e. The van der Waals surface area contributed by atoms with Crippen molar-refractivity contribution in [1.29, 1.82) is 0 Å². The van der Waals surface area contributed by atoms with Gasteiger partial charge in [-0.2, -0.15) is 0 Å². The Hall–Kier alpha value is -1.00. The third-order valence-electron chi connectivity index (χ3n) is 4.17. The maximum atomic E-state index is 5.83. The summed E-state index contributed by atoms with van der Waals surface area (Å²) >= 11 is 1.80. The topological polar surface area (TPSA) is 38.1 Å². The predicted octanol–water partition coefficient (Wildman–Crippen LogP) is 4.09. The molecule has 3 atom stereocenters. The highest BCUT2D eigenvalue weighted by molar-refractivity contribution is 7.99. The van der Waals surface area contributed by atoms with Crippen LogP contribution in [0.25, 0.3) is 11.1 Å². The van der Waals surface area contributed by atoms with Crippen molar-refractivity contribution >= 4 is 22.9 Å². The Kier molecular flexibility index (Phi) is 4.32. The van der Waals surface area contributed by atoms with Gasteiger partial charge in [-0.05, 0) is 43.9 Å². The minimum absolute atomic E-state index is 0.609. The van der Waals surface area contributed by atoms with Gasteiger partial charge < -0.3 is 9.73 Å². The molecule has 108 valence electrons. The lowest BCUT2D eigenvalue weighted by Gasteiger charge is -2.20. The molecule has 1 saturated carbocycles. The molecule has 3 rings (SSSR count). The quantitative estimate of drug-likeness (QED) is 0.900. The second-order valence-corrected chi connectivity index (χ2v) is 6.79. The number of aromatic nitrogens is 1. The zero-order chi connectivity index (χ0) is 13.9. The molecule has 3 unspecified atom stereocenters. The van der Waals surface area contributed by atoms with Crippen molar-refractivity contribution in [1.82, 2.24) is 10.3 Å². The fourth-order valence-electron chi connectivity index (χ4n) is 2.94. The summed E-state index contributed by atoms with van der Waals surface area (Å²) in [5.41, 5.74) is 1.85. The van der Waals surface area contributed by atoms with E-state index >= 15 is 0 Å². The van der Waals surface area contributed by atoms with Gasteiger partial charge in [0, 0.05) is 11.3 Å². The van der Waals surface area contributed by atoms with Crippen LogP contribution in [0, 0.1) is 5.92 Å². The van der Waals surface area contributed by atoms with Crippen molar-refractivity contribution in [3.8, 4) is 0 Å². The Morgan fingerprint density at radius 2 is 2.20 bits per heavy atom. The van der Waals surface area contributed by atoms with Gasteiger partial charge in [-0.1, -0.05) is 37.7 Å². The van der Waals surface area contributed by atoms with E-state index in [0.717, 1.165) is 22.9 Å². The van der Waals surface area contributed by atoms with Gasteiger partial charge >= 0.3 is 0 Å². The number of nitrogens with zero attached hydrogens (tertiary/aromatic N) is 1. The first-order valence-corrected chi connectivity index (χ1v) is 8.41. The van der Waals surface area contributed by atoms with Crippen molar-refractivity contribution in [3.05, 3.63) is 24.3 Å². The zero-order valence-corrected chi connectivity index (χ0v) is 13.0. The number of thioether (sulfide) groups is 1. The van der Waals surface area contributed by atoms with Crippen LogP contribution in [0.4, 0.5) is 0 Å². The summed E-state index contributed by atoms with van der Waals surface area (Å²) in [5, 5.41) is 5.09. The van der Waals surface area contributed by atoms with Crippen molar-refractivity contribution in [2.24, 2.45) is 5.92 Å². The minimum atomic E-state index is 0.609. The molecule has 0 bridgehead atoms. The first-order valence-electron chi connectivity index (χ1n) is 7.53. The Morgan fingerprint density at radius 3 is 3.00 bits per heavy atom. The van der Waals surface area contributed by atoms with E-state index in [2.05, 4.69) is 24.1 Å². The standard InChI is InChI=1S/C16H22N2OS/c1-3-10-17-12-8-9-15(11(12)2)20-16-18-13-6-4-5-7-14(13)19-16/h4-7,11-12,15,17H,3,8-10H2,1-2H3. The molecule has 2 aromatic rings. The second-order valence-electron chi connectivity index (χ2n) is 5.60. The second kappa shape index (κ2) is 6.19. The largest absolute Gasteiger partial charge is 0.431 e. The number of nitrogens with one attached hydrogen (secondary N) is 1. The number of fused-ring (bicyclic) bond motifs is 1. The lowest BCUT2D eigenvalue weighted by Crippen LogP contribution is -2.33. The molecule has 1 aliphatic rings. The Bertz CT molecular complexity index is 535. The van der Waals surface area contributed by atoms with E-state index in [-0.39, 0.29) is 0 Å². The Balaban J connectivity index is 1.66. The first kappa shape index (κ1) is 14.0. The van der Waals surface area contributed by atoms with Crippen molar-refractivity contribution in [2.45, 2.75) is 49.6 Å². The number of hydrogen-bond donors (Lipinski definition) is 1. The summed E-state index contributed by atoms with van der Waals surface area (Å²) in [7, 11) is 0. The van der Waals surface area contributed by atoms with Crippen LogP contribution in [-0.4, -0.2) is 22.8 Å². The van der Waals surface area contributed by atoms with Crippen molar-refractivity contribution in [2.75, 3.05) is 6.54 Å². The molecule has 0 saturated heterocycles. The van der Waals surface area contributed by atoms with Crippen LogP contribution < -0.4 is 5.32 Å². The summed E-state index contributed by atoms with van der Waals surface area (Å²) < 4.78 is 5.83. The van der Waals surface area contributed by atoms with Gasteiger partial charge in [-0.25, -0.2) is 4.98 Å². The van der Waals surface area contributed by atoms with Gasteiger partial charge in [0.2, 0.25) is 0 Å². The van der Waals surface area contributed by atoms with Crippen LogP contribution >= 0.6 is 11.8 Å². The summed E-state index contributed by atoms with van der Waals surface area (Å²) in [6, 6.07) is 8.63. The third kappa shape index (κ3) is 2.86. The number of hydrogen-bond acceptors (Lipinski definition) is 4. The van der Waals surface area contributed by atoms with Gasteiger partial charge in [0.25, 0.3) is 5.22 Å². The van der Waals surface area contributed by atoms with Crippen molar-refractivity contribution < 1.29 is 4.42 Å². The van der Waals surface area contributed by atoms with Crippen LogP contribution in [0.1, 0.15) is 33.1 Å². The summed E-state index contributed by atoms with van der Waals surface area (Å²) in [6.45, 7) is 5.69. The SMILES string of the molecule is CCCNC1CCC(Sc2nc3ccccc3o2)C1C. The first-order chi connectivity index (χ1) is 9.78. The van der Waals surface area contributed by atoms with E-state index in [1.54, 1.807) is 11.8 Å². The molecule has 1 aromatic heterocycles. The normalized spacial score (nSPS) is 26.4. The molecule has 1 aliphatic carbocycles. The zero-order valence-electron chi connectivity index (χ0n) is 12.1. The van der Waals surface area contributed by atoms with Crippen LogP contribution in [-0.2, 0) is 0 Å². The Morgan fingerprint density at radius 1 is 1.35 bits per heavy atom. The highest BCUT2D eigenvalue weighted by atomic mass is 32.2. The molecule has 1 aromatic carbocycles. The lowest BCUT2D eigenvalue weighted by atomic mass is 10.1. The van der Waals surface area contributed by atoms with Gasteiger partial charge in [0.05, 0.1) is 0 Å². The number of oxazole rings is 1. The third-order valence-corrected chi connectivity index (χ3v) is 5.51. The smallest absolute Gasteiger partial charge is 0.257 e. The molecule has 1 fully saturated rings. The fraction of sp³-hybridized carbons (Fsp3) is 0.562. The molecule has 4 heteroatoms. The maximum Gasteiger partial charge on any atom is 0.257 e. The number of para-hydroxylation sites is 2. The summed E-state index contributed by atoms with van der Waals surface area (Å²) in [4.78, 5) is 4.57. The number of benzene rings is 1. The molecule has 0 aliphatic heterocycles. The fourth-order valence-corrected chi connectivity index (χ4v) is 4.15. The van der Waals surface area contributed by atoms with Crippen LogP contribution in [0.3, 0.4) is 0 Å². The molecule has 3 nitrogen and oxygen atoms in total. The van der Waals surface area contributed by atoms with Gasteiger partial charge in [0.15, 0.2) is 5.58 Å². The highest BCUT2D eigenvalue weighted by Gasteiger charge is 2.33.